The number of halogens is 2. The maximum atomic E-state index is 13.3. The second kappa shape index (κ2) is 4.75. The third-order valence-corrected chi connectivity index (χ3v) is 2.78. The Morgan fingerprint density at radius 3 is 3.00 bits per heavy atom. The lowest BCUT2D eigenvalue weighted by Gasteiger charge is -2.16. The van der Waals surface area contributed by atoms with Gasteiger partial charge < -0.3 is 10.1 Å². The standard InChI is InChI=1S/C11H12F2N2O2/c1-6-8(3-5-17-6)15-11(16)7-2-4-14-10(13)9(7)12/h2,4,6,8H,3,5H2,1H3,(H,15,16). The van der Waals surface area contributed by atoms with Crippen molar-refractivity contribution in [1.29, 1.82) is 0 Å². The van der Waals surface area contributed by atoms with E-state index in [1.807, 2.05) is 6.92 Å². The summed E-state index contributed by atoms with van der Waals surface area (Å²) >= 11 is 0. The van der Waals surface area contributed by atoms with Gasteiger partial charge in [-0.3, -0.25) is 4.79 Å². The second-order valence-corrected chi connectivity index (χ2v) is 3.91. The molecule has 1 amide bonds. The van der Waals surface area contributed by atoms with Crippen molar-refractivity contribution < 1.29 is 18.3 Å². The highest BCUT2D eigenvalue weighted by Gasteiger charge is 2.27. The van der Waals surface area contributed by atoms with Gasteiger partial charge in [0.2, 0.25) is 5.95 Å². The molecule has 4 nitrogen and oxygen atoms in total. The molecule has 2 unspecified atom stereocenters. The highest BCUT2D eigenvalue weighted by Crippen LogP contribution is 2.14. The van der Waals surface area contributed by atoms with Crippen molar-refractivity contribution >= 4 is 5.91 Å². The number of pyridine rings is 1. The van der Waals surface area contributed by atoms with Crippen LogP contribution in [0.1, 0.15) is 23.7 Å². The summed E-state index contributed by atoms with van der Waals surface area (Å²) in [5, 5.41) is 2.61. The fourth-order valence-corrected chi connectivity index (χ4v) is 1.76. The average Bonchev–Trinajstić information content (AvgIpc) is 2.68. The lowest BCUT2D eigenvalue weighted by molar-refractivity contribution is 0.0861. The van der Waals surface area contributed by atoms with Crippen molar-refractivity contribution in [2.75, 3.05) is 6.61 Å². The SMILES string of the molecule is CC1OCCC1NC(=O)c1ccnc(F)c1F. The summed E-state index contributed by atoms with van der Waals surface area (Å²) in [5.74, 6) is -3.14. The predicted molar refractivity (Wildman–Crippen MR) is 55.4 cm³/mol. The van der Waals surface area contributed by atoms with Gasteiger partial charge in [-0.25, -0.2) is 9.37 Å². The lowest BCUT2D eigenvalue weighted by Crippen LogP contribution is -2.39. The Labute approximate surface area is 97.0 Å². The molecule has 17 heavy (non-hydrogen) atoms. The third-order valence-electron chi connectivity index (χ3n) is 2.78. The van der Waals surface area contributed by atoms with Gasteiger partial charge in [-0.15, -0.1) is 0 Å². The van der Waals surface area contributed by atoms with E-state index < -0.39 is 17.7 Å². The van der Waals surface area contributed by atoms with Crippen LogP contribution in [0.25, 0.3) is 0 Å². The minimum atomic E-state index is -1.27. The minimum Gasteiger partial charge on any atom is -0.376 e. The summed E-state index contributed by atoms with van der Waals surface area (Å²) in [7, 11) is 0. The first-order chi connectivity index (χ1) is 8.09. The van der Waals surface area contributed by atoms with Gasteiger partial charge in [0.1, 0.15) is 0 Å². The van der Waals surface area contributed by atoms with Crippen LogP contribution in [0.3, 0.4) is 0 Å². The zero-order valence-electron chi connectivity index (χ0n) is 9.24. The van der Waals surface area contributed by atoms with Crippen molar-refractivity contribution in [3.8, 4) is 0 Å². The van der Waals surface area contributed by atoms with Crippen LogP contribution in [0.4, 0.5) is 8.78 Å². The number of carbonyl (C=O) groups excluding carboxylic acids is 1. The number of nitrogens with zero attached hydrogens (tertiary/aromatic N) is 1. The van der Waals surface area contributed by atoms with E-state index in [0.29, 0.717) is 13.0 Å². The molecule has 2 atom stereocenters. The Bertz CT molecular complexity index is 439. The maximum absolute atomic E-state index is 13.3. The van der Waals surface area contributed by atoms with Gasteiger partial charge in [0, 0.05) is 12.8 Å². The monoisotopic (exact) mass is 242 g/mol. The first-order valence-electron chi connectivity index (χ1n) is 5.32. The smallest absolute Gasteiger partial charge is 0.254 e. The van der Waals surface area contributed by atoms with Crippen molar-refractivity contribution in [1.82, 2.24) is 10.3 Å². The van der Waals surface area contributed by atoms with Gasteiger partial charge in [0.25, 0.3) is 5.91 Å². The molecule has 1 aliphatic heterocycles. The number of amides is 1. The maximum Gasteiger partial charge on any atom is 0.254 e. The molecule has 1 fully saturated rings. The van der Waals surface area contributed by atoms with E-state index in [1.165, 1.54) is 0 Å². The van der Waals surface area contributed by atoms with Crippen LogP contribution < -0.4 is 5.32 Å². The molecule has 1 N–H and O–H groups in total. The van der Waals surface area contributed by atoms with Gasteiger partial charge in [-0.05, 0) is 19.4 Å². The largest absolute Gasteiger partial charge is 0.376 e. The topological polar surface area (TPSA) is 51.2 Å². The van der Waals surface area contributed by atoms with Crippen molar-refractivity contribution in [3.63, 3.8) is 0 Å². The van der Waals surface area contributed by atoms with Crippen LogP contribution in [0.2, 0.25) is 0 Å². The molecule has 1 aliphatic rings. The van der Waals surface area contributed by atoms with Crippen molar-refractivity contribution in [3.05, 3.63) is 29.6 Å². The Hall–Kier alpha value is -1.56. The first kappa shape index (κ1) is 11.9. The van der Waals surface area contributed by atoms with E-state index >= 15 is 0 Å². The Balaban J connectivity index is 2.12. The number of nitrogens with one attached hydrogen (secondary N) is 1. The van der Waals surface area contributed by atoms with E-state index in [1.54, 1.807) is 0 Å². The summed E-state index contributed by atoms with van der Waals surface area (Å²) in [6.45, 7) is 2.38. The molecular formula is C11H12F2N2O2. The zero-order valence-corrected chi connectivity index (χ0v) is 9.24. The molecule has 0 bridgehead atoms. The van der Waals surface area contributed by atoms with Crippen LogP contribution in [0.15, 0.2) is 12.3 Å². The molecule has 2 heterocycles. The third kappa shape index (κ3) is 2.41. The van der Waals surface area contributed by atoms with Crippen LogP contribution in [-0.2, 0) is 4.74 Å². The molecule has 0 saturated carbocycles. The number of rotatable bonds is 2. The highest BCUT2D eigenvalue weighted by molar-refractivity contribution is 5.94. The molecule has 92 valence electrons. The number of hydrogen-bond donors (Lipinski definition) is 1. The minimum absolute atomic E-state index is 0.117. The lowest BCUT2D eigenvalue weighted by atomic mass is 10.1. The van der Waals surface area contributed by atoms with E-state index in [0.717, 1.165) is 12.3 Å². The van der Waals surface area contributed by atoms with E-state index in [2.05, 4.69) is 10.3 Å². The van der Waals surface area contributed by atoms with E-state index in [9.17, 15) is 13.6 Å². The van der Waals surface area contributed by atoms with Crippen molar-refractivity contribution in [2.24, 2.45) is 0 Å². The Morgan fingerprint density at radius 1 is 1.59 bits per heavy atom. The van der Waals surface area contributed by atoms with Crippen LogP contribution in [0.5, 0.6) is 0 Å². The van der Waals surface area contributed by atoms with Crippen LogP contribution in [0, 0.1) is 11.8 Å². The van der Waals surface area contributed by atoms with E-state index in [4.69, 9.17) is 4.74 Å². The van der Waals surface area contributed by atoms with Crippen molar-refractivity contribution in [2.45, 2.75) is 25.5 Å². The molecule has 6 heteroatoms. The van der Waals surface area contributed by atoms with Crippen LogP contribution >= 0.6 is 0 Å². The molecule has 1 aromatic rings. The normalized spacial score (nSPS) is 23.7. The molecule has 1 aromatic heterocycles. The average molecular weight is 242 g/mol. The molecule has 0 radical (unpaired) electrons. The first-order valence-corrected chi connectivity index (χ1v) is 5.32. The summed E-state index contributed by atoms with van der Waals surface area (Å²) < 4.78 is 31.4. The summed E-state index contributed by atoms with van der Waals surface area (Å²) in [6.07, 6.45) is 1.61. The van der Waals surface area contributed by atoms with Crippen LogP contribution in [-0.4, -0.2) is 29.6 Å². The number of hydrogen-bond acceptors (Lipinski definition) is 3. The predicted octanol–water partition coefficient (Wildman–Crippen LogP) is 1.27. The fraction of sp³-hybridized carbons (Fsp3) is 0.455. The summed E-state index contributed by atoms with van der Waals surface area (Å²) in [5.41, 5.74) is -0.336. The molecular weight excluding hydrogens is 230 g/mol. The van der Waals surface area contributed by atoms with Gasteiger partial charge in [0.05, 0.1) is 17.7 Å². The van der Waals surface area contributed by atoms with Gasteiger partial charge in [-0.1, -0.05) is 0 Å². The highest BCUT2D eigenvalue weighted by atomic mass is 19.2. The Kier molecular flexibility index (Phi) is 3.33. The molecule has 0 spiro atoms. The molecule has 0 aliphatic carbocycles. The molecule has 1 saturated heterocycles. The second-order valence-electron chi connectivity index (χ2n) is 3.91. The fourth-order valence-electron chi connectivity index (χ4n) is 1.76. The van der Waals surface area contributed by atoms with E-state index in [-0.39, 0.29) is 17.7 Å². The summed E-state index contributed by atoms with van der Waals surface area (Å²) in [6, 6.07) is 0.979. The zero-order chi connectivity index (χ0) is 12.4. The number of carbonyl (C=O) groups is 1. The van der Waals surface area contributed by atoms with Gasteiger partial charge in [0.15, 0.2) is 5.82 Å². The number of aromatic nitrogens is 1. The quantitative estimate of drug-likeness (QED) is 0.794. The summed E-state index contributed by atoms with van der Waals surface area (Å²) in [4.78, 5) is 14.8. The molecule has 0 aromatic carbocycles. The van der Waals surface area contributed by atoms with Gasteiger partial charge in [-0.2, -0.15) is 4.39 Å². The number of ether oxygens (including phenoxy) is 1. The van der Waals surface area contributed by atoms with Gasteiger partial charge >= 0.3 is 0 Å². The Morgan fingerprint density at radius 2 is 2.35 bits per heavy atom. The molecule has 2 rings (SSSR count).